The average Bonchev–Trinajstić information content (AvgIpc) is 1.81. The Labute approximate surface area is 65.6 Å². The Morgan fingerprint density at radius 3 is 2.70 bits per heavy atom. The summed E-state index contributed by atoms with van der Waals surface area (Å²) < 4.78 is 20.1. The third kappa shape index (κ3) is 1.67. The first kappa shape index (κ1) is 8.41. The summed E-state index contributed by atoms with van der Waals surface area (Å²) in [6.07, 6.45) is 0. The summed E-state index contributed by atoms with van der Waals surface area (Å²) in [5.74, 6) is 0. The lowest BCUT2D eigenvalue weighted by atomic mass is 9.96. The molecule has 0 amide bonds. The molecule has 0 aromatic heterocycles. The quantitative estimate of drug-likeness (QED) is 0.427. The number of alkyl halides is 1. The van der Waals surface area contributed by atoms with Gasteiger partial charge in [0.05, 0.1) is 0 Å². The van der Waals surface area contributed by atoms with Crippen molar-refractivity contribution >= 4 is 19.9 Å². The zero-order valence-electron chi connectivity index (χ0n) is 5.83. The maximum Gasteiger partial charge on any atom is 0.698 e. The van der Waals surface area contributed by atoms with E-state index in [4.69, 9.17) is 20.6 Å². The van der Waals surface area contributed by atoms with Crippen molar-refractivity contribution in [3.63, 3.8) is 0 Å². The van der Waals surface area contributed by atoms with Gasteiger partial charge in [-0.2, -0.15) is 0 Å². The van der Waals surface area contributed by atoms with E-state index in [1.165, 1.54) is 0 Å². The first-order valence-corrected chi connectivity index (χ1v) is 4.46. The Bertz CT molecular complexity index is 159. The summed E-state index contributed by atoms with van der Waals surface area (Å²) >= 11 is 5.72. The van der Waals surface area contributed by atoms with Crippen molar-refractivity contribution in [1.82, 2.24) is 0 Å². The number of hydrogen-bond acceptors (Lipinski definition) is 3. The lowest BCUT2D eigenvalue weighted by molar-refractivity contribution is 0.0296. The van der Waals surface area contributed by atoms with E-state index in [1.807, 2.05) is 13.8 Å². The molecule has 0 saturated carbocycles. The normalized spacial score (nSPS) is 35.9. The van der Waals surface area contributed by atoms with Gasteiger partial charge in [0.25, 0.3) is 0 Å². The lowest BCUT2D eigenvalue weighted by Crippen LogP contribution is -2.33. The molecule has 0 bridgehead atoms. The van der Waals surface area contributed by atoms with Gasteiger partial charge in [-0.05, 0) is 0 Å². The van der Waals surface area contributed by atoms with E-state index in [-0.39, 0.29) is 5.41 Å². The topological polar surface area (TPSA) is 35.5 Å². The number of halogens is 1. The van der Waals surface area contributed by atoms with Gasteiger partial charge in [-0.1, -0.05) is 30.0 Å². The second kappa shape index (κ2) is 2.74. The third-order valence-corrected chi connectivity index (χ3v) is 2.86. The smallest absolute Gasteiger partial charge is 0.118 e. The second-order valence-corrected chi connectivity index (χ2v) is 4.22. The maximum atomic E-state index is 10.6. The van der Waals surface area contributed by atoms with Crippen molar-refractivity contribution in [1.29, 1.82) is 0 Å². The monoisotopic (exact) mass is 183 g/mol. The molecule has 58 valence electrons. The van der Waals surface area contributed by atoms with Gasteiger partial charge < -0.3 is 0 Å². The molecule has 1 saturated heterocycles. The van der Waals surface area contributed by atoms with Crippen LogP contribution in [0.2, 0.25) is 0 Å². The Hall–Kier alpha value is 0.310. The molecule has 0 spiro atoms. The third-order valence-electron chi connectivity index (χ3n) is 1.33. The molecule has 1 aliphatic heterocycles. The van der Waals surface area contributed by atoms with Crippen LogP contribution >= 0.6 is 19.9 Å². The molecular weight excluding hydrogens is 174 g/mol. The molecule has 2 unspecified atom stereocenters. The molecule has 0 radical (unpaired) electrons. The minimum atomic E-state index is -1.97. The van der Waals surface area contributed by atoms with E-state index in [1.54, 1.807) is 0 Å². The molecule has 0 aromatic rings. The van der Waals surface area contributed by atoms with Gasteiger partial charge >= 0.3 is 8.25 Å². The van der Waals surface area contributed by atoms with Crippen LogP contribution in [0, 0.1) is 5.41 Å². The standard InChI is InChI=1S/C5H9ClO3P/c1-5(2)3-8-10(7)9-4(5)6/h4H,3H2,1-2H3/q+1. The van der Waals surface area contributed by atoms with Crippen LogP contribution in [0.5, 0.6) is 0 Å². The molecule has 0 aliphatic carbocycles. The van der Waals surface area contributed by atoms with Gasteiger partial charge in [-0.3, -0.25) is 0 Å². The van der Waals surface area contributed by atoms with E-state index in [0.717, 1.165) is 0 Å². The first-order chi connectivity index (χ1) is 4.52. The largest absolute Gasteiger partial charge is 0.698 e. The number of hydrogen-bond donors (Lipinski definition) is 0. The van der Waals surface area contributed by atoms with Gasteiger partial charge in [-0.15, -0.1) is 4.52 Å². The highest BCUT2D eigenvalue weighted by Gasteiger charge is 2.45. The zero-order chi connectivity index (χ0) is 7.78. The van der Waals surface area contributed by atoms with E-state index in [9.17, 15) is 4.57 Å². The molecule has 3 nitrogen and oxygen atoms in total. The molecule has 1 aliphatic rings. The molecule has 1 heterocycles. The average molecular weight is 184 g/mol. The minimum Gasteiger partial charge on any atom is -0.118 e. The summed E-state index contributed by atoms with van der Waals surface area (Å²) in [7, 11) is -1.97. The summed E-state index contributed by atoms with van der Waals surface area (Å²) in [6, 6.07) is 0. The Morgan fingerprint density at radius 2 is 2.30 bits per heavy atom. The molecule has 2 atom stereocenters. The summed E-state index contributed by atoms with van der Waals surface area (Å²) in [5, 5.41) is 0. The lowest BCUT2D eigenvalue weighted by Gasteiger charge is -2.25. The predicted molar refractivity (Wildman–Crippen MR) is 38.1 cm³/mol. The molecule has 5 heteroatoms. The summed E-state index contributed by atoms with van der Waals surface area (Å²) in [6.45, 7) is 4.18. The van der Waals surface area contributed by atoms with Crippen LogP contribution in [-0.4, -0.2) is 12.2 Å². The van der Waals surface area contributed by atoms with Crippen LogP contribution < -0.4 is 0 Å². The maximum absolute atomic E-state index is 10.6. The summed E-state index contributed by atoms with van der Waals surface area (Å²) in [4.78, 5) is 0. The van der Waals surface area contributed by atoms with Crippen molar-refractivity contribution in [2.24, 2.45) is 5.41 Å². The second-order valence-electron chi connectivity index (χ2n) is 2.91. The fraction of sp³-hybridized carbons (Fsp3) is 1.00. The summed E-state index contributed by atoms with van der Waals surface area (Å²) in [5.41, 5.74) is -0.755. The van der Waals surface area contributed by atoms with Crippen molar-refractivity contribution in [2.75, 3.05) is 6.61 Å². The van der Waals surface area contributed by atoms with Crippen LogP contribution in [0.1, 0.15) is 13.8 Å². The van der Waals surface area contributed by atoms with Gasteiger partial charge in [-0.25, -0.2) is 0 Å². The highest BCUT2D eigenvalue weighted by molar-refractivity contribution is 7.33. The van der Waals surface area contributed by atoms with E-state index in [0.29, 0.717) is 6.61 Å². The van der Waals surface area contributed by atoms with Gasteiger partial charge in [0.1, 0.15) is 6.61 Å². The Kier molecular flexibility index (Phi) is 2.31. The minimum absolute atomic E-state index is 0.245. The zero-order valence-corrected chi connectivity index (χ0v) is 7.48. The first-order valence-electron chi connectivity index (χ1n) is 2.93. The van der Waals surface area contributed by atoms with Gasteiger partial charge in [0, 0.05) is 9.98 Å². The van der Waals surface area contributed by atoms with Gasteiger partial charge in [0.15, 0.2) is 5.56 Å². The van der Waals surface area contributed by atoms with Crippen molar-refractivity contribution in [3.05, 3.63) is 0 Å². The van der Waals surface area contributed by atoms with E-state index >= 15 is 0 Å². The molecule has 1 rings (SSSR count). The molecule has 10 heavy (non-hydrogen) atoms. The van der Waals surface area contributed by atoms with Crippen LogP contribution in [0.15, 0.2) is 0 Å². The highest BCUT2D eigenvalue weighted by Crippen LogP contribution is 2.42. The SMILES string of the molecule is CC1(C)CO[P+](=O)OC1Cl. The van der Waals surface area contributed by atoms with Crippen LogP contribution in [0.3, 0.4) is 0 Å². The fourth-order valence-corrected chi connectivity index (χ4v) is 1.73. The van der Waals surface area contributed by atoms with Crippen LogP contribution in [0.25, 0.3) is 0 Å². The molecule has 0 N–H and O–H groups in total. The fourth-order valence-electron chi connectivity index (χ4n) is 0.533. The molecule has 1 fully saturated rings. The predicted octanol–water partition coefficient (Wildman–Crippen LogP) is 2.28. The molecular formula is C5H9ClO3P+. The van der Waals surface area contributed by atoms with Crippen molar-refractivity contribution in [3.8, 4) is 0 Å². The molecule has 0 aromatic carbocycles. The Morgan fingerprint density at radius 1 is 1.70 bits per heavy atom. The highest BCUT2D eigenvalue weighted by atomic mass is 35.5. The van der Waals surface area contributed by atoms with E-state index < -0.39 is 13.8 Å². The van der Waals surface area contributed by atoms with Crippen LogP contribution in [0.4, 0.5) is 0 Å². The van der Waals surface area contributed by atoms with Gasteiger partial charge in [0.2, 0.25) is 0 Å². The van der Waals surface area contributed by atoms with Crippen molar-refractivity contribution < 1.29 is 13.6 Å². The van der Waals surface area contributed by atoms with Crippen molar-refractivity contribution in [2.45, 2.75) is 19.4 Å². The van der Waals surface area contributed by atoms with Crippen LogP contribution in [-0.2, 0) is 13.6 Å². The Balaban J connectivity index is 2.60. The number of rotatable bonds is 0. The van der Waals surface area contributed by atoms with E-state index in [2.05, 4.69) is 0 Å².